The lowest BCUT2D eigenvalue weighted by atomic mass is 9.99. The molecule has 0 saturated heterocycles. The lowest BCUT2D eigenvalue weighted by molar-refractivity contribution is 0.290. The van der Waals surface area contributed by atoms with E-state index in [4.69, 9.17) is 0 Å². The molecule has 2 aromatic carbocycles. The number of phenolic OH excluding ortho intramolecular Hbond substituents is 1. The summed E-state index contributed by atoms with van der Waals surface area (Å²) in [6.45, 7) is 2.85. The fraction of sp³-hybridized carbons (Fsp3) is 0.174. The number of nitrogens with zero attached hydrogens (tertiary/aromatic N) is 2. The van der Waals surface area contributed by atoms with Gasteiger partial charge < -0.3 is 5.11 Å². The van der Waals surface area contributed by atoms with E-state index < -0.39 is 0 Å². The number of pyridine rings is 1. The SMILES string of the molecule is Oc1ccc(-c2ccnc(CN3CC=C(c4ccccc4)CC3)c2)cc1. The number of aromatic nitrogens is 1. The van der Waals surface area contributed by atoms with Crippen LogP contribution in [-0.2, 0) is 6.54 Å². The number of aromatic hydroxyl groups is 1. The molecule has 1 N–H and O–H groups in total. The molecule has 0 aliphatic carbocycles. The summed E-state index contributed by atoms with van der Waals surface area (Å²) < 4.78 is 0. The van der Waals surface area contributed by atoms with Gasteiger partial charge in [-0.15, -0.1) is 0 Å². The van der Waals surface area contributed by atoms with E-state index in [1.54, 1.807) is 12.1 Å². The van der Waals surface area contributed by atoms with Crippen molar-refractivity contribution in [1.82, 2.24) is 9.88 Å². The highest BCUT2D eigenvalue weighted by molar-refractivity contribution is 5.66. The Balaban J connectivity index is 1.45. The lowest BCUT2D eigenvalue weighted by Crippen LogP contribution is -2.28. The third kappa shape index (κ3) is 3.84. The minimum Gasteiger partial charge on any atom is -0.508 e. The molecule has 0 amide bonds. The molecule has 26 heavy (non-hydrogen) atoms. The molecule has 3 nitrogen and oxygen atoms in total. The Labute approximate surface area is 154 Å². The van der Waals surface area contributed by atoms with Crippen LogP contribution in [0.1, 0.15) is 17.7 Å². The molecular weight excluding hydrogens is 320 g/mol. The summed E-state index contributed by atoms with van der Waals surface area (Å²) in [5.41, 5.74) is 6.07. The molecule has 1 aliphatic rings. The zero-order valence-electron chi connectivity index (χ0n) is 14.7. The van der Waals surface area contributed by atoms with Crippen LogP contribution >= 0.6 is 0 Å². The van der Waals surface area contributed by atoms with Gasteiger partial charge in [0.2, 0.25) is 0 Å². The van der Waals surface area contributed by atoms with E-state index in [2.05, 4.69) is 52.4 Å². The molecule has 4 rings (SSSR count). The first-order valence-corrected chi connectivity index (χ1v) is 8.99. The van der Waals surface area contributed by atoms with Crippen LogP contribution in [0, 0.1) is 0 Å². The van der Waals surface area contributed by atoms with Crippen molar-refractivity contribution < 1.29 is 5.11 Å². The average Bonchev–Trinajstić information content (AvgIpc) is 2.70. The second kappa shape index (κ2) is 7.54. The molecule has 1 aromatic heterocycles. The Kier molecular flexibility index (Phi) is 4.80. The molecular formula is C23H22N2O. The van der Waals surface area contributed by atoms with Crippen LogP contribution in [0.25, 0.3) is 16.7 Å². The van der Waals surface area contributed by atoms with Gasteiger partial charge in [-0.25, -0.2) is 0 Å². The summed E-state index contributed by atoms with van der Waals surface area (Å²) in [5.74, 6) is 0.289. The number of phenols is 1. The summed E-state index contributed by atoms with van der Waals surface area (Å²) in [5, 5.41) is 9.45. The molecule has 0 atom stereocenters. The third-order valence-electron chi connectivity index (χ3n) is 4.84. The van der Waals surface area contributed by atoms with Crippen molar-refractivity contribution >= 4 is 5.57 Å². The summed E-state index contributed by atoms with van der Waals surface area (Å²) in [6, 6.07) is 22.1. The van der Waals surface area contributed by atoms with Crippen LogP contribution in [0.4, 0.5) is 0 Å². The first-order valence-electron chi connectivity index (χ1n) is 8.99. The number of hydrogen-bond donors (Lipinski definition) is 1. The zero-order chi connectivity index (χ0) is 17.8. The van der Waals surface area contributed by atoms with Gasteiger partial charge in [-0.1, -0.05) is 48.5 Å². The fourth-order valence-electron chi connectivity index (χ4n) is 3.40. The van der Waals surface area contributed by atoms with E-state index >= 15 is 0 Å². The summed E-state index contributed by atoms with van der Waals surface area (Å²) in [6.07, 6.45) is 5.27. The maximum absolute atomic E-state index is 9.45. The van der Waals surface area contributed by atoms with Crippen LogP contribution < -0.4 is 0 Å². The van der Waals surface area contributed by atoms with Crippen molar-refractivity contribution in [3.63, 3.8) is 0 Å². The molecule has 0 saturated carbocycles. The minimum atomic E-state index is 0.289. The molecule has 0 radical (unpaired) electrons. The van der Waals surface area contributed by atoms with Crippen molar-refractivity contribution in [2.75, 3.05) is 13.1 Å². The van der Waals surface area contributed by atoms with E-state index in [-0.39, 0.29) is 5.75 Å². The number of rotatable bonds is 4. The fourth-order valence-corrected chi connectivity index (χ4v) is 3.40. The Bertz CT molecular complexity index is 901. The van der Waals surface area contributed by atoms with E-state index in [0.29, 0.717) is 0 Å². The zero-order valence-corrected chi connectivity index (χ0v) is 14.7. The highest BCUT2D eigenvalue weighted by atomic mass is 16.3. The van der Waals surface area contributed by atoms with Gasteiger partial charge in [0.05, 0.1) is 5.69 Å². The van der Waals surface area contributed by atoms with Crippen LogP contribution in [0.5, 0.6) is 5.75 Å². The normalized spacial score (nSPS) is 14.8. The number of benzene rings is 2. The van der Waals surface area contributed by atoms with Crippen molar-refractivity contribution in [1.29, 1.82) is 0 Å². The largest absolute Gasteiger partial charge is 0.508 e. The third-order valence-corrected chi connectivity index (χ3v) is 4.84. The highest BCUT2D eigenvalue weighted by Gasteiger charge is 2.14. The average molecular weight is 342 g/mol. The molecule has 0 spiro atoms. The van der Waals surface area contributed by atoms with Crippen molar-refractivity contribution in [2.24, 2.45) is 0 Å². The van der Waals surface area contributed by atoms with E-state index in [0.717, 1.165) is 42.9 Å². The predicted molar refractivity (Wildman–Crippen MR) is 106 cm³/mol. The molecule has 0 fully saturated rings. The molecule has 0 unspecified atom stereocenters. The molecule has 0 bridgehead atoms. The Morgan fingerprint density at radius 3 is 2.42 bits per heavy atom. The standard InChI is InChI=1S/C23H22N2O/c26-23-8-6-19(7-9-23)21-10-13-24-22(16-21)17-25-14-11-20(12-15-25)18-4-2-1-3-5-18/h1-11,13,16,26H,12,14-15,17H2. The van der Waals surface area contributed by atoms with Gasteiger partial charge >= 0.3 is 0 Å². The Morgan fingerprint density at radius 1 is 0.885 bits per heavy atom. The molecule has 1 aliphatic heterocycles. The van der Waals surface area contributed by atoms with E-state index in [1.165, 1.54) is 11.1 Å². The second-order valence-corrected chi connectivity index (χ2v) is 6.66. The topological polar surface area (TPSA) is 36.4 Å². The van der Waals surface area contributed by atoms with E-state index in [1.807, 2.05) is 24.4 Å². The van der Waals surface area contributed by atoms with Crippen molar-refractivity contribution in [2.45, 2.75) is 13.0 Å². The highest BCUT2D eigenvalue weighted by Crippen LogP contribution is 2.25. The Hall–Kier alpha value is -2.91. The van der Waals surface area contributed by atoms with Gasteiger partial charge in [0.1, 0.15) is 5.75 Å². The van der Waals surface area contributed by atoms with Crippen LogP contribution in [0.2, 0.25) is 0 Å². The molecule has 130 valence electrons. The monoisotopic (exact) mass is 342 g/mol. The van der Waals surface area contributed by atoms with Gasteiger partial charge in [0.15, 0.2) is 0 Å². The lowest BCUT2D eigenvalue weighted by Gasteiger charge is -2.26. The van der Waals surface area contributed by atoms with Crippen molar-refractivity contribution in [3.05, 3.63) is 90.3 Å². The van der Waals surface area contributed by atoms with Gasteiger partial charge in [0, 0.05) is 25.8 Å². The van der Waals surface area contributed by atoms with Crippen LogP contribution in [0.3, 0.4) is 0 Å². The van der Waals surface area contributed by atoms with Gasteiger partial charge in [0.25, 0.3) is 0 Å². The maximum Gasteiger partial charge on any atom is 0.115 e. The quantitative estimate of drug-likeness (QED) is 0.744. The molecule has 2 heterocycles. The Morgan fingerprint density at radius 2 is 1.69 bits per heavy atom. The smallest absolute Gasteiger partial charge is 0.115 e. The summed E-state index contributed by atoms with van der Waals surface area (Å²) in [4.78, 5) is 6.97. The van der Waals surface area contributed by atoms with Gasteiger partial charge in [-0.2, -0.15) is 0 Å². The second-order valence-electron chi connectivity index (χ2n) is 6.66. The molecule has 3 heteroatoms. The van der Waals surface area contributed by atoms with Gasteiger partial charge in [-0.3, -0.25) is 9.88 Å². The predicted octanol–water partition coefficient (Wildman–Crippen LogP) is 4.74. The van der Waals surface area contributed by atoms with Crippen LogP contribution in [0.15, 0.2) is 79.0 Å². The molecule has 3 aromatic rings. The van der Waals surface area contributed by atoms with Crippen LogP contribution in [-0.4, -0.2) is 28.1 Å². The summed E-state index contributed by atoms with van der Waals surface area (Å²) >= 11 is 0. The first-order chi connectivity index (χ1) is 12.8. The van der Waals surface area contributed by atoms with E-state index in [9.17, 15) is 5.11 Å². The van der Waals surface area contributed by atoms with Crippen molar-refractivity contribution in [3.8, 4) is 16.9 Å². The number of hydrogen-bond acceptors (Lipinski definition) is 3. The summed E-state index contributed by atoms with van der Waals surface area (Å²) in [7, 11) is 0. The maximum atomic E-state index is 9.45. The van der Waals surface area contributed by atoms with Gasteiger partial charge in [-0.05, 0) is 52.9 Å². The first kappa shape index (κ1) is 16.6. The minimum absolute atomic E-state index is 0.289.